The van der Waals surface area contributed by atoms with Crippen LogP contribution in [0.15, 0.2) is 23.1 Å². The van der Waals surface area contributed by atoms with Crippen molar-refractivity contribution >= 4 is 15.9 Å². The minimum atomic E-state index is -3.79. The van der Waals surface area contributed by atoms with Crippen molar-refractivity contribution in [3.63, 3.8) is 0 Å². The highest BCUT2D eigenvalue weighted by atomic mass is 32.2. The SMILES string of the molecule is COc1ccc(OC)c(S(=O)(=O)N(CCC(=O)N2CCNCC2)C2CC2)c1. The summed E-state index contributed by atoms with van der Waals surface area (Å²) in [6, 6.07) is 4.67. The molecule has 1 aliphatic heterocycles. The average molecular weight is 397 g/mol. The number of rotatable bonds is 8. The lowest BCUT2D eigenvalue weighted by molar-refractivity contribution is -0.131. The van der Waals surface area contributed by atoms with E-state index >= 15 is 0 Å². The number of amides is 1. The van der Waals surface area contributed by atoms with Gasteiger partial charge in [-0.1, -0.05) is 0 Å². The van der Waals surface area contributed by atoms with Crippen molar-refractivity contribution in [2.24, 2.45) is 0 Å². The van der Waals surface area contributed by atoms with Gasteiger partial charge in [-0.15, -0.1) is 0 Å². The number of methoxy groups -OCH3 is 2. The number of carbonyl (C=O) groups is 1. The Kier molecular flexibility index (Phi) is 6.23. The molecule has 1 saturated heterocycles. The monoisotopic (exact) mass is 397 g/mol. The summed E-state index contributed by atoms with van der Waals surface area (Å²) in [7, 11) is -0.865. The van der Waals surface area contributed by atoms with Gasteiger partial charge in [-0.3, -0.25) is 4.79 Å². The van der Waals surface area contributed by atoms with Gasteiger partial charge in [-0.05, 0) is 25.0 Å². The Morgan fingerprint density at radius 3 is 2.52 bits per heavy atom. The van der Waals surface area contributed by atoms with E-state index < -0.39 is 10.0 Å². The maximum Gasteiger partial charge on any atom is 0.247 e. The summed E-state index contributed by atoms with van der Waals surface area (Å²) in [5, 5.41) is 3.21. The van der Waals surface area contributed by atoms with Crippen molar-refractivity contribution < 1.29 is 22.7 Å². The van der Waals surface area contributed by atoms with E-state index in [1.54, 1.807) is 17.0 Å². The molecule has 3 rings (SSSR count). The minimum absolute atomic E-state index is 0.00467. The van der Waals surface area contributed by atoms with Gasteiger partial charge in [-0.2, -0.15) is 4.31 Å². The quantitative estimate of drug-likeness (QED) is 0.694. The molecule has 0 atom stereocenters. The van der Waals surface area contributed by atoms with Crippen LogP contribution in [-0.4, -0.2) is 76.5 Å². The van der Waals surface area contributed by atoms with E-state index in [9.17, 15) is 13.2 Å². The molecular formula is C18H27N3O5S. The maximum absolute atomic E-state index is 13.3. The number of hydrogen-bond donors (Lipinski definition) is 1. The molecule has 1 amide bonds. The summed E-state index contributed by atoms with van der Waals surface area (Å²) in [6.07, 6.45) is 1.81. The number of hydrogen-bond acceptors (Lipinski definition) is 6. The van der Waals surface area contributed by atoms with Crippen LogP contribution < -0.4 is 14.8 Å². The van der Waals surface area contributed by atoms with E-state index in [0.29, 0.717) is 18.8 Å². The molecule has 2 fully saturated rings. The highest BCUT2D eigenvalue weighted by Gasteiger charge is 2.39. The second-order valence-corrected chi connectivity index (χ2v) is 8.60. The molecule has 9 heteroatoms. The second-order valence-electron chi connectivity index (χ2n) is 6.74. The van der Waals surface area contributed by atoms with Crippen LogP contribution >= 0.6 is 0 Å². The summed E-state index contributed by atoms with van der Waals surface area (Å²) < 4.78 is 38.5. The first-order valence-electron chi connectivity index (χ1n) is 9.19. The highest BCUT2D eigenvalue weighted by Crippen LogP contribution is 2.36. The highest BCUT2D eigenvalue weighted by molar-refractivity contribution is 7.89. The van der Waals surface area contributed by atoms with Gasteiger partial charge in [0.05, 0.1) is 14.2 Å². The number of nitrogens with zero attached hydrogens (tertiary/aromatic N) is 2. The van der Waals surface area contributed by atoms with Crippen molar-refractivity contribution in [2.75, 3.05) is 46.9 Å². The molecule has 1 aromatic carbocycles. The molecule has 0 bridgehead atoms. The molecule has 1 aromatic rings. The van der Waals surface area contributed by atoms with Crippen LogP contribution in [0.2, 0.25) is 0 Å². The molecule has 0 spiro atoms. The fourth-order valence-corrected chi connectivity index (χ4v) is 5.11. The van der Waals surface area contributed by atoms with Crippen LogP contribution in [0.5, 0.6) is 11.5 Å². The van der Waals surface area contributed by atoms with Gasteiger partial charge < -0.3 is 19.7 Å². The van der Waals surface area contributed by atoms with Gasteiger partial charge in [0.2, 0.25) is 15.9 Å². The van der Waals surface area contributed by atoms with Crippen molar-refractivity contribution in [2.45, 2.75) is 30.2 Å². The molecule has 27 heavy (non-hydrogen) atoms. The second kappa shape index (κ2) is 8.45. The normalized spacial score (nSPS) is 17.8. The van der Waals surface area contributed by atoms with E-state index in [1.165, 1.54) is 24.6 Å². The molecule has 1 saturated carbocycles. The number of benzene rings is 1. The molecule has 0 aromatic heterocycles. The molecular weight excluding hydrogens is 370 g/mol. The zero-order chi connectivity index (χ0) is 19.4. The van der Waals surface area contributed by atoms with E-state index in [2.05, 4.69) is 5.32 Å². The standard InChI is InChI=1S/C18H27N3O5S/c1-25-15-5-6-16(26-2)17(13-15)27(23,24)21(14-3-4-14)10-7-18(22)20-11-8-19-9-12-20/h5-6,13-14,19H,3-4,7-12H2,1-2H3. The smallest absolute Gasteiger partial charge is 0.247 e. The topological polar surface area (TPSA) is 88.2 Å². The zero-order valence-electron chi connectivity index (χ0n) is 15.8. The summed E-state index contributed by atoms with van der Waals surface area (Å²) >= 11 is 0. The lowest BCUT2D eigenvalue weighted by atomic mass is 10.3. The van der Waals surface area contributed by atoms with Crippen molar-refractivity contribution in [3.8, 4) is 11.5 Å². The number of piperazine rings is 1. The Bertz CT molecular complexity index is 773. The van der Waals surface area contributed by atoms with Crippen LogP contribution in [0.3, 0.4) is 0 Å². The number of nitrogens with one attached hydrogen (secondary N) is 1. The van der Waals surface area contributed by atoms with Gasteiger partial charge in [0.15, 0.2) is 0 Å². The fraction of sp³-hybridized carbons (Fsp3) is 0.611. The van der Waals surface area contributed by atoms with Crippen molar-refractivity contribution in [1.29, 1.82) is 0 Å². The Morgan fingerprint density at radius 1 is 1.22 bits per heavy atom. The minimum Gasteiger partial charge on any atom is -0.497 e. The lowest BCUT2D eigenvalue weighted by Gasteiger charge is -2.29. The largest absolute Gasteiger partial charge is 0.497 e. The van der Waals surface area contributed by atoms with E-state index in [-0.39, 0.29) is 35.6 Å². The van der Waals surface area contributed by atoms with Gasteiger partial charge in [0, 0.05) is 51.3 Å². The zero-order valence-corrected chi connectivity index (χ0v) is 16.6. The first-order valence-corrected chi connectivity index (χ1v) is 10.6. The molecule has 150 valence electrons. The molecule has 1 aliphatic carbocycles. The van der Waals surface area contributed by atoms with E-state index in [1.807, 2.05) is 0 Å². The third kappa shape index (κ3) is 4.53. The molecule has 0 unspecified atom stereocenters. The molecule has 0 radical (unpaired) electrons. The Labute approximate surface area is 160 Å². The van der Waals surface area contributed by atoms with Crippen LogP contribution in [0.4, 0.5) is 0 Å². The predicted octanol–water partition coefficient (Wildman–Crippen LogP) is 0.679. The Morgan fingerprint density at radius 2 is 1.93 bits per heavy atom. The summed E-state index contributed by atoms with van der Waals surface area (Å²) in [4.78, 5) is 14.3. The summed E-state index contributed by atoms with van der Waals surface area (Å²) in [5.41, 5.74) is 0. The van der Waals surface area contributed by atoms with E-state index in [4.69, 9.17) is 9.47 Å². The summed E-state index contributed by atoms with van der Waals surface area (Å²) in [5.74, 6) is 0.715. The van der Waals surface area contributed by atoms with Crippen LogP contribution in [-0.2, 0) is 14.8 Å². The number of carbonyl (C=O) groups excluding carboxylic acids is 1. The van der Waals surface area contributed by atoms with Crippen LogP contribution in [0.1, 0.15) is 19.3 Å². The maximum atomic E-state index is 13.3. The van der Waals surface area contributed by atoms with Crippen LogP contribution in [0.25, 0.3) is 0 Å². The third-order valence-corrected chi connectivity index (χ3v) is 6.90. The number of sulfonamides is 1. The first kappa shape index (κ1) is 19.9. The van der Waals surface area contributed by atoms with Crippen molar-refractivity contribution in [3.05, 3.63) is 18.2 Å². The van der Waals surface area contributed by atoms with Gasteiger partial charge in [0.25, 0.3) is 0 Å². The molecule has 2 aliphatic rings. The number of ether oxygens (including phenoxy) is 2. The van der Waals surface area contributed by atoms with Gasteiger partial charge in [-0.25, -0.2) is 8.42 Å². The summed E-state index contributed by atoms with van der Waals surface area (Å²) in [6.45, 7) is 3.06. The fourth-order valence-electron chi connectivity index (χ4n) is 3.25. The predicted molar refractivity (Wildman–Crippen MR) is 101 cm³/mol. The molecule has 1 N–H and O–H groups in total. The average Bonchev–Trinajstić information content (AvgIpc) is 3.53. The Hall–Kier alpha value is -1.84. The van der Waals surface area contributed by atoms with Crippen LogP contribution in [0, 0.1) is 0 Å². The first-order chi connectivity index (χ1) is 13.0. The van der Waals surface area contributed by atoms with Crippen molar-refractivity contribution in [1.82, 2.24) is 14.5 Å². The van der Waals surface area contributed by atoms with Gasteiger partial charge >= 0.3 is 0 Å². The molecule has 8 nitrogen and oxygen atoms in total. The van der Waals surface area contributed by atoms with Gasteiger partial charge in [0.1, 0.15) is 16.4 Å². The third-order valence-electron chi connectivity index (χ3n) is 4.93. The Balaban J connectivity index is 1.78. The van der Waals surface area contributed by atoms with E-state index in [0.717, 1.165) is 25.9 Å². The molecule has 1 heterocycles. The lowest BCUT2D eigenvalue weighted by Crippen LogP contribution is -2.47.